The van der Waals surface area contributed by atoms with Gasteiger partial charge in [-0.3, -0.25) is 4.79 Å². The zero-order chi connectivity index (χ0) is 19.9. The monoisotopic (exact) mass is 402 g/mol. The van der Waals surface area contributed by atoms with Crippen LogP contribution in [0.25, 0.3) is 0 Å². The van der Waals surface area contributed by atoms with E-state index in [2.05, 4.69) is 11.8 Å². The number of amides is 1. The minimum atomic E-state index is -3.43. The first-order valence-electron chi connectivity index (χ1n) is 9.87. The first-order valence-corrected chi connectivity index (χ1v) is 11.7. The van der Waals surface area contributed by atoms with Gasteiger partial charge in [-0.25, -0.2) is 8.42 Å². The van der Waals surface area contributed by atoms with E-state index in [1.807, 2.05) is 24.3 Å². The zero-order valence-corrected chi connectivity index (χ0v) is 16.9. The first-order chi connectivity index (χ1) is 13.4. The van der Waals surface area contributed by atoms with Crippen LogP contribution in [0.3, 0.4) is 0 Å². The average Bonchev–Trinajstić information content (AvgIpc) is 3.15. The lowest BCUT2D eigenvalue weighted by molar-refractivity contribution is -0.158. The van der Waals surface area contributed by atoms with Crippen molar-refractivity contribution in [1.29, 1.82) is 0 Å². The van der Waals surface area contributed by atoms with E-state index < -0.39 is 10.0 Å². The summed E-state index contributed by atoms with van der Waals surface area (Å²) in [6.07, 6.45) is 6.04. The van der Waals surface area contributed by atoms with Gasteiger partial charge in [-0.15, -0.1) is 0 Å². The lowest BCUT2D eigenvalue weighted by atomic mass is 9.74. The third-order valence-electron chi connectivity index (χ3n) is 6.26. The topological polar surface area (TPSA) is 77.9 Å². The molecular formula is C21H26N2O4S. The van der Waals surface area contributed by atoms with E-state index in [0.29, 0.717) is 5.92 Å². The van der Waals surface area contributed by atoms with Gasteiger partial charge in [0.2, 0.25) is 15.9 Å². The number of carbonyl (C=O) groups excluding carboxylic acids is 1. The highest BCUT2D eigenvalue weighted by Gasteiger charge is 2.54. The predicted molar refractivity (Wildman–Crippen MR) is 106 cm³/mol. The van der Waals surface area contributed by atoms with Crippen LogP contribution in [0.15, 0.2) is 24.3 Å². The van der Waals surface area contributed by atoms with Crippen molar-refractivity contribution in [2.45, 2.75) is 43.7 Å². The van der Waals surface area contributed by atoms with Gasteiger partial charge in [-0.1, -0.05) is 36.8 Å². The fourth-order valence-electron chi connectivity index (χ4n) is 4.77. The molecule has 0 radical (unpaired) electrons. The quantitative estimate of drug-likeness (QED) is 0.770. The molecular weight excluding hydrogens is 376 g/mol. The Morgan fingerprint density at radius 1 is 1.18 bits per heavy atom. The van der Waals surface area contributed by atoms with Gasteiger partial charge >= 0.3 is 0 Å². The molecule has 2 heterocycles. The average molecular weight is 403 g/mol. The van der Waals surface area contributed by atoms with Crippen molar-refractivity contribution >= 4 is 15.9 Å². The van der Waals surface area contributed by atoms with E-state index in [1.54, 1.807) is 4.90 Å². The third-order valence-corrected chi connectivity index (χ3v) is 7.48. The molecule has 3 fully saturated rings. The van der Waals surface area contributed by atoms with Crippen LogP contribution in [0.1, 0.15) is 42.7 Å². The van der Waals surface area contributed by atoms with Gasteiger partial charge in [0.1, 0.15) is 0 Å². The molecule has 1 aliphatic carbocycles. The summed E-state index contributed by atoms with van der Waals surface area (Å²) in [5.41, 5.74) is 1.97. The molecule has 28 heavy (non-hydrogen) atoms. The molecule has 0 unspecified atom stereocenters. The van der Waals surface area contributed by atoms with Crippen molar-refractivity contribution < 1.29 is 18.3 Å². The third kappa shape index (κ3) is 3.57. The smallest absolute Gasteiger partial charge is 0.238 e. The maximum atomic E-state index is 12.4. The second kappa shape index (κ2) is 7.51. The normalized spacial score (nSPS) is 28.4. The van der Waals surface area contributed by atoms with E-state index in [0.717, 1.165) is 17.4 Å². The number of aliphatic hydroxyl groups is 1. The van der Waals surface area contributed by atoms with Crippen molar-refractivity contribution in [2.24, 2.45) is 5.92 Å². The molecule has 3 aliphatic rings. The summed E-state index contributed by atoms with van der Waals surface area (Å²) < 4.78 is 25.1. The minimum Gasteiger partial charge on any atom is -0.394 e. The largest absolute Gasteiger partial charge is 0.394 e. The Balaban J connectivity index is 1.53. The Kier molecular flexibility index (Phi) is 5.21. The summed E-state index contributed by atoms with van der Waals surface area (Å²) in [6.45, 7) is -0.00174. The van der Waals surface area contributed by atoms with Crippen molar-refractivity contribution in [3.63, 3.8) is 0 Å². The van der Waals surface area contributed by atoms with Gasteiger partial charge in [0.15, 0.2) is 0 Å². The van der Waals surface area contributed by atoms with Crippen molar-refractivity contribution in [3.8, 4) is 11.8 Å². The molecule has 2 saturated heterocycles. The highest BCUT2D eigenvalue weighted by Crippen LogP contribution is 2.43. The summed E-state index contributed by atoms with van der Waals surface area (Å²) in [4.78, 5) is 14.1. The van der Waals surface area contributed by atoms with E-state index in [9.17, 15) is 18.3 Å². The van der Waals surface area contributed by atoms with Crippen molar-refractivity contribution in [3.05, 3.63) is 35.4 Å². The van der Waals surface area contributed by atoms with E-state index in [1.165, 1.54) is 30.0 Å². The molecule has 1 aromatic carbocycles. The lowest BCUT2D eigenvalue weighted by Crippen LogP contribution is -2.73. The molecule has 4 rings (SSSR count). The maximum Gasteiger partial charge on any atom is 0.238 e. The fourth-order valence-corrected chi connectivity index (χ4v) is 5.54. The van der Waals surface area contributed by atoms with Crippen LogP contribution in [0.5, 0.6) is 0 Å². The van der Waals surface area contributed by atoms with Gasteiger partial charge in [0.05, 0.1) is 31.5 Å². The lowest BCUT2D eigenvalue weighted by Gasteiger charge is -2.58. The summed E-state index contributed by atoms with van der Waals surface area (Å²) in [5.74, 6) is 6.80. The number of aliphatic hydroxyl groups excluding tert-OH is 1. The summed E-state index contributed by atoms with van der Waals surface area (Å²) in [6, 6.07) is 7.42. The molecule has 0 bridgehead atoms. The summed E-state index contributed by atoms with van der Waals surface area (Å²) in [7, 11) is -3.43. The Hall–Kier alpha value is -1.88. The highest BCUT2D eigenvalue weighted by atomic mass is 32.2. The van der Waals surface area contributed by atoms with Crippen molar-refractivity contribution in [2.75, 3.05) is 26.0 Å². The molecule has 1 saturated carbocycles. The number of piperazine rings is 1. The fraction of sp³-hybridized carbons (Fsp3) is 0.571. The van der Waals surface area contributed by atoms with E-state index >= 15 is 0 Å². The van der Waals surface area contributed by atoms with Crippen LogP contribution in [0.4, 0.5) is 0 Å². The zero-order valence-electron chi connectivity index (χ0n) is 16.0. The number of sulfonamides is 1. The van der Waals surface area contributed by atoms with E-state index in [-0.39, 0.29) is 43.6 Å². The van der Waals surface area contributed by atoms with Crippen LogP contribution in [0.2, 0.25) is 0 Å². The number of hydrogen-bond donors (Lipinski definition) is 1. The Bertz CT molecular complexity index is 910. The Morgan fingerprint density at radius 2 is 1.86 bits per heavy atom. The number of hydrogen-bond acceptors (Lipinski definition) is 4. The van der Waals surface area contributed by atoms with Crippen LogP contribution < -0.4 is 0 Å². The van der Waals surface area contributed by atoms with Crippen LogP contribution in [0, 0.1) is 17.8 Å². The molecule has 2 aliphatic heterocycles. The standard InChI is InChI=1S/C21H26N2O4S/c1-28(26,27)22-12-18-21(19(14-24)23(18)20(25)13-22)17-10-8-16(9-11-17)7-6-15-4-2-3-5-15/h8-11,15,18-19,21,24H,2-5,12-14H2,1H3/t18-,19-,21-/m1/s1. The number of nitrogens with zero attached hydrogens (tertiary/aromatic N) is 2. The first kappa shape index (κ1) is 19.4. The summed E-state index contributed by atoms with van der Waals surface area (Å²) >= 11 is 0. The number of rotatable bonds is 3. The molecule has 6 nitrogen and oxygen atoms in total. The van der Waals surface area contributed by atoms with Crippen LogP contribution >= 0.6 is 0 Å². The number of benzene rings is 1. The van der Waals surface area contributed by atoms with Gasteiger partial charge in [0.25, 0.3) is 0 Å². The number of fused-ring (bicyclic) bond motifs is 1. The minimum absolute atomic E-state index is 0.0738. The molecule has 0 spiro atoms. The SMILES string of the molecule is CS(=O)(=O)N1CC(=O)N2[C@H](CO)[C@H](c3ccc(C#CC4CCCC4)cc3)[C@H]2C1. The molecule has 1 N–H and O–H groups in total. The molecule has 150 valence electrons. The molecule has 1 amide bonds. The van der Waals surface area contributed by atoms with Gasteiger partial charge in [0, 0.05) is 23.9 Å². The molecule has 3 atom stereocenters. The van der Waals surface area contributed by atoms with Gasteiger partial charge in [-0.2, -0.15) is 4.31 Å². The predicted octanol–water partition coefficient (Wildman–Crippen LogP) is 1.16. The second-order valence-corrected chi connectivity index (χ2v) is 10.1. The molecule has 7 heteroatoms. The van der Waals surface area contributed by atoms with Crippen LogP contribution in [-0.4, -0.2) is 66.7 Å². The van der Waals surface area contributed by atoms with Crippen molar-refractivity contribution in [1.82, 2.24) is 9.21 Å². The van der Waals surface area contributed by atoms with E-state index in [4.69, 9.17) is 0 Å². The molecule has 0 aromatic heterocycles. The summed E-state index contributed by atoms with van der Waals surface area (Å²) in [5, 5.41) is 9.81. The molecule has 1 aromatic rings. The van der Waals surface area contributed by atoms with Gasteiger partial charge < -0.3 is 10.0 Å². The Morgan fingerprint density at radius 3 is 2.46 bits per heavy atom. The number of carbonyl (C=O) groups is 1. The van der Waals surface area contributed by atoms with Crippen LogP contribution in [-0.2, 0) is 14.8 Å². The maximum absolute atomic E-state index is 12.4. The van der Waals surface area contributed by atoms with Gasteiger partial charge in [-0.05, 0) is 30.5 Å². The highest BCUT2D eigenvalue weighted by molar-refractivity contribution is 7.88. The Labute approximate surface area is 166 Å². The second-order valence-electron chi connectivity index (χ2n) is 8.07.